The number of amides is 1. The van der Waals surface area contributed by atoms with Crippen molar-refractivity contribution in [2.45, 2.75) is 0 Å². The largest absolute Gasteiger partial charge is 0.455 e. The number of nitrogens with one attached hydrogen (secondary N) is 1. The van der Waals surface area contributed by atoms with Gasteiger partial charge in [0.25, 0.3) is 11.6 Å². The van der Waals surface area contributed by atoms with Crippen LogP contribution in [0, 0.1) is 10.1 Å². The lowest BCUT2D eigenvalue weighted by Crippen LogP contribution is -2.18. The maximum atomic E-state index is 13.0. The van der Waals surface area contributed by atoms with Crippen LogP contribution >= 0.6 is 11.6 Å². The molecular weight excluding hydrogens is 480 g/mol. The third-order valence-electron chi connectivity index (χ3n) is 5.44. The fourth-order valence-electron chi connectivity index (χ4n) is 3.77. The minimum Gasteiger partial charge on any atom is -0.455 e. The Morgan fingerprint density at radius 2 is 1.78 bits per heavy atom. The van der Waals surface area contributed by atoms with Crippen molar-refractivity contribution < 1.29 is 14.1 Å². The Hall–Kier alpha value is -4.82. The van der Waals surface area contributed by atoms with E-state index in [1.807, 2.05) is 54.6 Å². The van der Waals surface area contributed by atoms with Gasteiger partial charge in [-0.25, -0.2) is 10.4 Å². The summed E-state index contributed by atoms with van der Waals surface area (Å²) in [5.74, 6) is 0.167. The molecule has 2 heterocycles. The van der Waals surface area contributed by atoms with Crippen LogP contribution in [0.1, 0.15) is 16.1 Å². The van der Waals surface area contributed by atoms with Gasteiger partial charge in [0.05, 0.1) is 33.5 Å². The minimum absolute atomic E-state index is 0.174. The van der Waals surface area contributed by atoms with E-state index >= 15 is 0 Å². The number of carbonyl (C=O) groups is 1. The highest BCUT2D eigenvalue weighted by molar-refractivity contribution is 6.30. The van der Waals surface area contributed by atoms with Gasteiger partial charge in [-0.05, 0) is 36.4 Å². The summed E-state index contributed by atoms with van der Waals surface area (Å²) in [6.45, 7) is 0. The number of halogens is 1. The lowest BCUT2D eigenvalue weighted by molar-refractivity contribution is -0.384. The average molecular weight is 497 g/mol. The molecule has 3 aromatic carbocycles. The quantitative estimate of drug-likeness (QED) is 0.164. The standard InChI is InChI=1S/C27H17ClN4O4/c28-18-10-12-21(25(14-18)32(34)35)26-13-11-19(36-26)16-29-31-27(33)22-15-24(17-6-2-1-3-7-17)30-23-9-5-4-8-20(22)23/h1-16H,(H,31,33)/b29-16-. The number of fused-ring (bicyclic) bond motifs is 1. The summed E-state index contributed by atoms with van der Waals surface area (Å²) in [6, 6.07) is 26.2. The highest BCUT2D eigenvalue weighted by Gasteiger charge is 2.19. The number of para-hydroxylation sites is 1. The van der Waals surface area contributed by atoms with Crippen LogP contribution in [0.4, 0.5) is 5.69 Å². The molecule has 1 amide bonds. The van der Waals surface area contributed by atoms with Crippen molar-refractivity contribution in [2.75, 3.05) is 0 Å². The second kappa shape index (κ2) is 9.81. The summed E-state index contributed by atoms with van der Waals surface area (Å²) in [6.07, 6.45) is 1.32. The lowest BCUT2D eigenvalue weighted by atomic mass is 10.0. The van der Waals surface area contributed by atoms with E-state index in [0.717, 1.165) is 5.56 Å². The third-order valence-corrected chi connectivity index (χ3v) is 5.67. The summed E-state index contributed by atoms with van der Waals surface area (Å²) in [5.41, 5.74) is 5.30. The van der Waals surface area contributed by atoms with Gasteiger partial charge in [-0.2, -0.15) is 5.10 Å². The highest BCUT2D eigenvalue weighted by atomic mass is 35.5. The van der Waals surface area contributed by atoms with Gasteiger partial charge in [0.15, 0.2) is 0 Å². The molecule has 0 unspecified atom stereocenters. The molecule has 2 aromatic heterocycles. The fourth-order valence-corrected chi connectivity index (χ4v) is 3.93. The molecule has 5 aromatic rings. The van der Waals surface area contributed by atoms with Gasteiger partial charge < -0.3 is 4.42 Å². The van der Waals surface area contributed by atoms with Crippen LogP contribution in [0.2, 0.25) is 5.02 Å². The molecule has 5 rings (SSSR count). The van der Waals surface area contributed by atoms with Gasteiger partial charge >= 0.3 is 0 Å². The summed E-state index contributed by atoms with van der Waals surface area (Å²) in [5, 5.41) is 16.3. The Morgan fingerprint density at radius 3 is 2.58 bits per heavy atom. The number of hydrazone groups is 1. The zero-order valence-electron chi connectivity index (χ0n) is 18.6. The van der Waals surface area contributed by atoms with E-state index in [2.05, 4.69) is 15.5 Å². The Balaban J connectivity index is 1.39. The highest BCUT2D eigenvalue weighted by Crippen LogP contribution is 2.33. The van der Waals surface area contributed by atoms with Crippen molar-refractivity contribution in [1.29, 1.82) is 0 Å². The Morgan fingerprint density at radius 1 is 1.00 bits per heavy atom. The van der Waals surface area contributed by atoms with E-state index in [0.29, 0.717) is 27.9 Å². The van der Waals surface area contributed by atoms with Gasteiger partial charge in [0.2, 0.25) is 0 Å². The van der Waals surface area contributed by atoms with Crippen LogP contribution < -0.4 is 5.43 Å². The Labute approximate surface area is 210 Å². The molecule has 0 spiro atoms. The number of nitrogens with zero attached hydrogens (tertiary/aromatic N) is 3. The van der Waals surface area contributed by atoms with Gasteiger partial charge in [0, 0.05) is 22.0 Å². The van der Waals surface area contributed by atoms with Crippen LogP contribution in [0.3, 0.4) is 0 Å². The zero-order chi connectivity index (χ0) is 25.1. The first-order valence-corrected chi connectivity index (χ1v) is 11.2. The van der Waals surface area contributed by atoms with Gasteiger partial charge in [-0.1, -0.05) is 60.1 Å². The second-order valence-electron chi connectivity index (χ2n) is 7.76. The molecule has 0 aliphatic rings. The second-order valence-corrected chi connectivity index (χ2v) is 8.19. The van der Waals surface area contributed by atoms with Crippen molar-refractivity contribution in [3.63, 3.8) is 0 Å². The van der Waals surface area contributed by atoms with Crippen LogP contribution in [-0.4, -0.2) is 22.0 Å². The van der Waals surface area contributed by atoms with E-state index in [1.165, 1.54) is 18.3 Å². The van der Waals surface area contributed by atoms with E-state index in [1.54, 1.807) is 24.3 Å². The van der Waals surface area contributed by atoms with Gasteiger partial charge in [0.1, 0.15) is 11.5 Å². The Kier molecular flexibility index (Phi) is 6.25. The maximum absolute atomic E-state index is 13.0. The van der Waals surface area contributed by atoms with Crippen molar-refractivity contribution >= 4 is 40.3 Å². The molecule has 0 aliphatic carbocycles. The number of benzene rings is 3. The van der Waals surface area contributed by atoms with Gasteiger partial charge in [-0.15, -0.1) is 0 Å². The maximum Gasteiger partial charge on any atom is 0.281 e. The van der Waals surface area contributed by atoms with Crippen LogP contribution in [0.25, 0.3) is 33.5 Å². The minimum atomic E-state index is -0.527. The number of carbonyl (C=O) groups excluding carboxylic acids is 1. The number of hydrogen-bond acceptors (Lipinski definition) is 6. The van der Waals surface area contributed by atoms with E-state index in [-0.39, 0.29) is 22.0 Å². The number of hydrogen-bond donors (Lipinski definition) is 1. The van der Waals surface area contributed by atoms with Crippen LogP contribution in [0.5, 0.6) is 0 Å². The molecule has 0 aliphatic heterocycles. The molecule has 8 nitrogen and oxygen atoms in total. The first-order valence-electron chi connectivity index (χ1n) is 10.8. The molecule has 0 bridgehead atoms. The molecule has 0 saturated carbocycles. The first kappa shape index (κ1) is 22.9. The molecule has 0 atom stereocenters. The molecule has 0 fully saturated rings. The van der Waals surface area contributed by atoms with E-state index in [9.17, 15) is 14.9 Å². The summed E-state index contributed by atoms with van der Waals surface area (Å²) in [7, 11) is 0. The molecule has 9 heteroatoms. The molecule has 0 radical (unpaired) electrons. The monoisotopic (exact) mass is 496 g/mol. The number of nitro benzene ring substituents is 1. The predicted octanol–water partition coefficient (Wildman–Crippen LogP) is 6.49. The smallest absolute Gasteiger partial charge is 0.281 e. The average Bonchev–Trinajstić information content (AvgIpc) is 3.37. The van der Waals surface area contributed by atoms with E-state index < -0.39 is 10.8 Å². The van der Waals surface area contributed by atoms with Gasteiger partial charge in [-0.3, -0.25) is 14.9 Å². The summed E-state index contributed by atoms with van der Waals surface area (Å²) < 4.78 is 5.68. The molecule has 0 saturated heterocycles. The molecule has 176 valence electrons. The van der Waals surface area contributed by atoms with Crippen LogP contribution in [-0.2, 0) is 0 Å². The third kappa shape index (κ3) is 4.70. The SMILES string of the molecule is O=C(N/N=C\c1ccc(-c2ccc(Cl)cc2[N+](=O)[O-])o1)c1cc(-c2ccccc2)nc2ccccc12. The number of rotatable bonds is 6. The summed E-state index contributed by atoms with van der Waals surface area (Å²) >= 11 is 5.88. The number of pyridine rings is 1. The predicted molar refractivity (Wildman–Crippen MR) is 138 cm³/mol. The number of nitro groups is 1. The van der Waals surface area contributed by atoms with Crippen molar-refractivity contribution in [1.82, 2.24) is 10.4 Å². The topological polar surface area (TPSA) is 111 Å². The van der Waals surface area contributed by atoms with Crippen molar-refractivity contribution in [2.24, 2.45) is 5.10 Å². The number of aromatic nitrogens is 1. The lowest BCUT2D eigenvalue weighted by Gasteiger charge is -2.09. The van der Waals surface area contributed by atoms with Crippen LogP contribution in [0.15, 0.2) is 101 Å². The van der Waals surface area contributed by atoms with Crippen molar-refractivity contribution in [3.8, 4) is 22.6 Å². The normalized spacial score (nSPS) is 11.1. The molecule has 36 heavy (non-hydrogen) atoms. The molecular formula is C27H17ClN4O4. The van der Waals surface area contributed by atoms with E-state index in [4.69, 9.17) is 16.0 Å². The number of furan rings is 1. The fraction of sp³-hybridized carbons (Fsp3) is 0. The molecule has 1 N–H and O–H groups in total. The Bertz CT molecular complexity index is 1630. The zero-order valence-corrected chi connectivity index (χ0v) is 19.3. The summed E-state index contributed by atoms with van der Waals surface area (Å²) in [4.78, 5) is 28.6. The van der Waals surface area contributed by atoms with Crippen molar-refractivity contribution in [3.05, 3.63) is 117 Å². The first-order chi connectivity index (χ1) is 17.5.